The van der Waals surface area contributed by atoms with Crippen LogP contribution in [-0.2, 0) is 16.1 Å². The smallest absolute Gasteiger partial charge is 0.329 e. The van der Waals surface area contributed by atoms with Crippen molar-refractivity contribution in [1.82, 2.24) is 4.57 Å². The van der Waals surface area contributed by atoms with Crippen molar-refractivity contribution in [2.24, 2.45) is 5.92 Å². The minimum Gasteiger partial charge on any atom is -0.461 e. The van der Waals surface area contributed by atoms with E-state index >= 15 is 0 Å². The van der Waals surface area contributed by atoms with Gasteiger partial charge in [0, 0.05) is 11.6 Å². The van der Waals surface area contributed by atoms with Gasteiger partial charge in [-0.25, -0.2) is 4.79 Å². The lowest BCUT2D eigenvalue weighted by molar-refractivity contribution is -0.143. The molecule has 0 saturated carbocycles. The summed E-state index contributed by atoms with van der Waals surface area (Å²) < 4.78 is 6.72. The maximum Gasteiger partial charge on any atom is 0.329 e. The Morgan fingerprint density at radius 2 is 2.18 bits per heavy atom. The number of carbonyl (C=O) groups is 2. The Morgan fingerprint density at radius 1 is 1.47 bits per heavy atom. The second-order valence-electron chi connectivity index (χ2n) is 4.34. The quantitative estimate of drug-likeness (QED) is 0.627. The molecular formula is C12H15NO4. The van der Waals surface area contributed by atoms with Gasteiger partial charge in [0.05, 0.1) is 12.3 Å². The summed E-state index contributed by atoms with van der Waals surface area (Å²) in [7, 11) is 0. The van der Waals surface area contributed by atoms with Gasteiger partial charge >= 0.3 is 5.97 Å². The van der Waals surface area contributed by atoms with Crippen LogP contribution in [0.1, 0.15) is 36.1 Å². The van der Waals surface area contributed by atoms with Crippen molar-refractivity contribution in [3.63, 3.8) is 0 Å². The van der Waals surface area contributed by atoms with Crippen molar-refractivity contribution in [2.45, 2.75) is 32.6 Å². The lowest BCUT2D eigenvalue weighted by atomic mass is 9.99. The van der Waals surface area contributed by atoms with Crippen LogP contribution in [-0.4, -0.2) is 28.0 Å². The number of aliphatic hydroxyl groups excluding tert-OH is 1. The fraction of sp³-hybridized carbons (Fsp3) is 0.500. The van der Waals surface area contributed by atoms with Gasteiger partial charge in [-0.2, -0.15) is 0 Å². The summed E-state index contributed by atoms with van der Waals surface area (Å²) in [6.45, 7) is 3.51. The number of aromatic nitrogens is 1. The zero-order valence-corrected chi connectivity index (χ0v) is 9.79. The first kappa shape index (κ1) is 11.9. The molecule has 5 nitrogen and oxygen atoms in total. The van der Waals surface area contributed by atoms with Crippen LogP contribution in [0.4, 0.5) is 0 Å². The van der Waals surface area contributed by atoms with Crippen LogP contribution in [0, 0.1) is 5.92 Å². The van der Waals surface area contributed by atoms with Crippen molar-refractivity contribution < 1.29 is 19.4 Å². The van der Waals surface area contributed by atoms with E-state index < -0.39 is 6.04 Å². The van der Waals surface area contributed by atoms with Crippen molar-refractivity contribution in [3.8, 4) is 0 Å². The second kappa shape index (κ2) is 4.33. The van der Waals surface area contributed by atoms with Gasteiger partial charge in [-0.1, -0.05) is 6.92 Å². The highest BCUT2D eigenvalue weighted by Crippen LogP contribution is 2.34. The van der Waals surface area contributed by atoms with Crippen molar-refractivity contribution >= 4 is 12.3 Å². The third-order valence-electron chi connectivity index (χ3n) is 3.38. The Bertz CT molecular complexity index is 451. The highest BCUT2D eigenvalue weighted by molar-refractivity contribution is 5.80. The normalized spacial score (nSPS) is 28.2. The van der Waals surface area contributed by atoms with Crippen molar-refractivity contribution in [3.05, 3.63) is 23.5 Å². The Labute approximate surface area is 99.0 Å². The van der Waals surface area contributed by atoms with E-state index in [0.717, 1.165) is 0 Å². The average molecular weight is 237 g/mol. The van der Waals surface area contributed by atoms with Crippen LogP contribution >= 0.6 is 0 Å². The molecule has 1 aromatic heterocycles. The first-order valence-corrected chi connectivity index (χ1v) is 5.56. The van der Waals surface area contributed by atoms with Gasteiger partial charge in [0.2, 0.25) is 0 Å². The minimum absolute atomic E-state index is 0.0288. The topological polar surface area (TPSA) is 68.5 Å². The summed E-state index contributed by atoms with van der Waals surface area (Å²) in [5.41, 5.74) is 0.937. The number of ether oxygens (including phenoxy) is 1. The van der Waals surface area contributed by atoms with Gasteiger partial charge < -0.3 is 14.4 Å². The molecule has 0 spiro atoms. The molecule has 1 unspecified atom stereocenters. The van der Waals surface area contributed by atoms with Gasteiger partial charge in [0.25, 0.3) is 0 Å². The number of esters is 1. The van der Waals surface area contributed by atoms with E-state index in [2.05, 4.69) is 0 Å². The highest BCUT2D eigenvalue weighted by atomic mass is 16.6. The fourth-order valence-corrected chi connectivity index (χ4v) is 2.24. The molecule has 0 bridgehead atoms. The third-order valence-corrected chi connectivity index (χ3v) is 3.38. The van der Waals surface area contributed by atoms with Gasteiger partial charge in [-0.05, 0) is 19.1 Å². The molecule has 1 aliphatic heterocycles. The number of aldehydes is 1. The van der Waals surface area contributed by atoms with Crippen LogP contribution in [0.2, 0.25) is 0 Å². The van der Waals surface area contributed by atoms with Crippen LogP contribution < -0.4 is 0 Å². The SMILES string of the molecule is C[C@H]1OC(=O)C(n2c(C=O)ccc2CO)[C@@H]1C. The van der Waals surface area contributed by atoms with Gasteiger partial charge in [0.1, 0.15) is 12.1 Å². The Kier molecular flexibility index (Phi) is 3.02. The van der Waals surface area contributed by atoms with Gasteiger partial charge in [-0.15, -0.1) is 0 Å². The van der Waals surface area contributed by atoms with Gasteiger partial charge in [-0.3, -0.25) is 4.79 Å². The van der Waals surface area contributed by atoms with E-state index in [1.165, 1.54) is 0 Å². The standard InChI is InChI=1S/C12H15NO4/c1-7-8(2)17-12(16)11(7)13-9(5-14)3-4-10(13)6-15/h3-5,7-8,11,15H,6H2,1-2H3/t7-,8-,11?/m1/s1. The second-order valence-corrected chi connectivity index (χ2v) is 4.34. The molecule has 1 aliphatic rings. The number of hydrogen-bond acceptors (Lipinski definition) is 4. The summed E-state index contributed by atoms with van der Waals surface area (Å²) in [6.07, 6.45) is 0.503. The maximum absolute atomic E-state index is 11.8. The number of rotatable bonds is 3. The number of hydrogen-bond donors (Lipinski definition) is 1. The molecule has 0 radical (unpaired) electrons. The lowest BCUT2D eigenvalue weighted by Gasteiger charge is -2.18. The predicted molar refractivity (Wildman–Crippen MR) is 59.5 cm³/mol. The van der Waals surface area contributed by atoms with E-state index in [1.54, 1.807) is 16.7 Å². The Morgan fingerprint density at radius 3 is 2.65 bits per heavy atom. The molecule has 1 saturated heterocycles. The molecule has 2 heterocycles. The summed E-state index contributed by atoms with van der Waals surface area (Å²) in [5, 5.41) is 9.24. The number of carbonyl (C=O) groups excluding carboxylic acids is 2. The number of cyclic esters (lactones) is 1. The molecule has 1 fully saturated rings. The zero-order valence-electron chi connectivity index (χ0n) is 9.79. The van der Waals surface area contributed by atoms with Crippen LogP contribution in [0.15, 0.2) is 12.1 Å². The Balaban J connectivity index is 2.48. The largest absolute Gasteiger partial charge is 0.461 e. The average Bonchev–Trinajstić information content (AvgIpc) is 2.81. The Hall–Kier alpha value is -1.62. The van der Waals surface area contributed by atoms with E-state index in [9.17, 15) is 14.7 Å². The molecule has 92 valence electrons. The lowest BCUT2D eigenvalue weighted by Crippen LogP contribution is -2.24. The molecule has 17 heavy (non-hydrogen) atoms. The zero-order chi connectivity index (χ0) is 12.6. The van der Waals surface area contributed by atoms with Crippen molar-refractivity contribution in [2.75, 3.05) is 0 Å². The molecule has 2 rings (SSSR count). The number of nitrogens with zero attached hydrogens (tertiary/aromatic N) is 1. The van der Waals surface area contributed by atoms with Crippen molar-refractivity contribution in [1.29, 1.82) is 0 Å². The van der Waals surface area contributed by atoms with E-state index in [4.69, 9.17) is 4.74 Å². The molecular weight excluding hydrogens is 222 g/mol. The first-order chi connectivity index (χ1) is 8.10. The monoisotopic (exact) mass is 237 g/mol. The van der Waals surface area contributed by atoms with Crippen LogP contribution in [0.3, 0.4) is 0 Å². The predicted octanol–water partition coefficient (Wildman–Crippen LogP) is 0.915. The molecule has 0 aliphatic carbocycles. The molecule has 1 N–H and O–H groups in total. The molecule has 3 atom stereocenters. The van der Waals surface area contributed by atoms with Crippen LogP contribution in [0.5, 0.6) is 0 Å². The summed E-state index contributed by atoms with van der Waals surface area (Å²) in [5.74, 6) is -0.377. The number of aliphatic hydroxyl groups is 1. The molecule has 0 amide bonds. The summed E-state index contributed by atoms with van der Waals surface area (Å²) >= 11 is 0. The van der Waals surface area contributed by atoms with Crippen LogP contribution in [0.25, 0.3) is 0 Å². The molecule has 5 heteroatoms. The highest BCUT2D eigenvalue weighted by Gasteiger charge is 2.41. The van der Waals surface area contributed by atoms with E-state index in [-0.39, 0.29) is 24.6 Å². The summed E-state index contributed by atoms with van der Waals surface area (Å²) in [6, 6.07) is 2.72. The maximum atomic E-state index is 11.8. The van der Waals surface area contributed by atoms with Gasteiger partial charge in [0.15, 0.2) is 6.29 Å². The van der Waals surface area contributed by atoms with E-state index in [1.807, 2.05) is 13.8 Å². The third kappa shape index (κ3) is 1.76. The fourth-order valence-electron chi connectivity index (χ4n) is 2.24. The minimum atomic E-state index is -0.526. The van der Waals surface area contributed by atoms with E-state index in [0.29, 0.717) is 17.7 Å². The first-order valence-electron chi connectivity index (χ1n) is 5.56. The molecule has 0 aromatic carbocycles. The molecule has 1 aromatic rings. The summed E-state index contributed by atoms with van der Waals surface area (Å²) in [4.78, 5) is 22.7.